The Hall–Kier alpha value is -0.930. The number of hydrogen-bond donors (Lipinski definition) is 2. The van der Waals surface area contributed by atoms with Gasteiger partial charge in [-0.2, -0.15) is 0 Å². The zero-order valence-electron chi connectivity index (χ0n) is 9.08. The van der Waals surface area contributed by atoms with Crippen LogP contribution in [0.3, 0.4) is 0 Å². The predicted octanol–water partition coefficient (Wildman–Crippen LogP) is 0.966. The van der Waals surface area contributed by atoms with Gasteiger partial charge in [0.05, 0.1) is 0 Å². The van der Waals surface area contributed by atoms with Crippen molar-refractivity contribution in [2.24, 2.45) is 0 Å². The molecule has 0 spiro atoms. The molecule has 1 aromatic heterocycles. The zero-order valence-corrected chi connectivity index (χ0v) is 9.08. The molecule has 82 valence electrons. The Labute approximate surface area is 91.3 Å². The number of nitrogens with one attached hydrogen (secondary N) is 2. The highest BCUT2D eigenvalue weighted by molar-refractivity contribution is 5.08. The lowest BCUT2D eigenvalue weighted by atomic mass is 10.2. The van der Waals surface area contributed by atoms with Gasteiger partial charge in [0.15, 0.2) is 0 Å². The summed E-state index contributed by atoms with van der Waals surface area (Å²) in [6.07, 6.45) is 7.56. The smallest absolute Gasteiger partial charge is 0.0300 e. The predicted molar refractivity (Wildman–Crippen MR) is 61.8 cm³/mol. The average Bonchev–Trinajstić information content (AvgIpc) is 3.09. The highest BCUT2D eigenvalue weighted by atomic mass is 15.0. The zero-order chi connectivity index (χ0) is 10.3. The van der Waals surface area contributed by atoms with Gasteiger partial charge in [-0.25, -0.2) is 0 Å². The molecule has 1 fully saturated rings. The lowest BCUT2D eigenvalue weighted by molar-refractivity contribution is 0.608. The Balaban J connectivity index is 1.47. The summed E-state index contributed by atoms with van der Waals surface area (Å²) in [5.41, 5.74) is 1.31. The molecular formula is C12H19N3. The lowest BCUT2D eigenvalue weighted by Crippen LogP contribution is -2.29. The molecule has 0 radical (unpaired) electrons. The van der Waals surface area contributed by atoms with Crippen LogP contribution < -0.4 is 10.6 Å². The number of rotatable bonds is 7. The van der Waals surface area contributed by atoms with Crippen LogP contribution in [0.2, 0.25) is 0 Å². The fourth-order valence-electron chi connectivity index (χ4n) is 1.56. The second-order valence-corrected chi connectivity index (χ2v) is 4.09. The van der Waals surface area contributed by atoms with E-state index in [0.717, 1.165) is 32.1 Å². The van der Waals surface area contributed by atoms with E-state index >= 15 is 0 Å². The van der Waals surface area contributed by atoms with E-state index in [-0.39, 0.29) is 0 Å². The van der Waals surface area contributed by atoms with Crippen LogP contribution in [0.25, 0.3) is 0 Å². The Bertz CT molecular complexity index is 269. The van der Waals surface area contributed by atoms with E-state index in [2.05, 4.69) is 21.7 Å². The molecule has 0 aromatic carbocycles. The van der Waals surface area contributed by atoms with Gasteiger partial charge in [-0.1, -0.05) is 6.07 Å². The maximum Gasteiger partial charge on any atom is 0.0300 e. The Morgan fingerprint density at radius 2 is 2.20 bits per heavy atom. The number of aromatic nitrogens is 1. The molecule has 15 heavy (non-hydrogen) atoms. The first-order valence-electron chi connectivity index (χ1n) is 5.78. The molecule has 0 unspecified atom stereocenters. The summed E-state index contributed by atoms with van der Waals surface area (Å²) >= 11 is 0. The maximum atomic E-state index is 4.09. The molecule has 1 saturated carbocycles. The standard InChI is InChI=1S/C12H19N3/c1-2-11(10-14-6-1)5-7-13-8-9-15-12-3-4-12/h1-2,6,10,12-13,15H,3-5,7-9H2. The second kappa shape index (κ2) is 5.83. The first-order chi connectivity index (χ1) is 7.45. The number of hydrogen-bond acceptors (Lipinski definition) is 3. The summed E-state index contributed by atoms with van der Waals surface area (Å²) in [6.45, 7) is 3.20. The summed E-state index contributed by atoms with van der Waals surface area (Å²) < 4.78 is 0. The molecule has 2 N–H and O–H groups in total. The summed E-state index contributed by atoms with van der Waals surface area (Å²) in [4.78, 5) is 4.09. The van der Waals surface area contributed by atoms with Gasteiger partial charge < -0.3 is 10.6 Å². The van der Waals surface area contributed by atoms with Gasteiger partial charge in [0.2, 0.25) is 0 Å². The van der Waals surface area contributed by atoms with E-state index in [0.29, 0.717) is 0 Å². The van der Waals surface area contributed by atoms with E-state index < -0.39 is 0 Å². The molecule has 1 aliphatic carbocycles. The van der Waals surface area contributed by atoms with Crippen LogP contribution in [0.4, 0.5) is 0 Å². The van der Waals surface area contributed by atoms with E-state index in [1.165, 1.54) is 18.4 Å². The average molecular weight is 205 g/mol. The van der Waals surface area contributed by atoms with Crippen LogP contribution in [-0.2, 0) is 6.42 Å². The van der Waals surface area contributed by atoms with Crippen LogP contribution in [0.1, 0.15) is 18.4 Å². The molecule has 1 aromatic rings. The fourth-order valence-corrected chi connectivity index (χ4v) is 1.56. The lowest BCUT2D eigenvalue weighted by Gasteiger charge is -2.05. The maximum absolute atomic E-state index is 4.09. The Morgan fingerprint density at radius 1 is 1.27 bits per heavy atom. The highest BCUT2D eigenvalue weighted by Crippen LogP contribution is 2.17. The molecule has 2 rings (SSSR count). The van der Waals surface area contributed by atoms with Crippen LogP contribution in [0.5, 0.6) is 0 Å². The van der Waals surface area contributed by atoms with Crippen molar-refractivity contribution in [1.29, 1.82) is 0 Å². The molecule has 0 atom stereocenters. The summed E-state index contributed by atoms with van der Waals surface area (Å²) in [6, 6.07) is 4.94. The van der Waals surface area contributed by atoms with E-state index in [1.807, 2.05) is 18.5 Å². The van der Waals surface area contributed by atoms with Crippen molar-refractivity contribution in [1.82, 2.24) is 15.6 Å². The van der Waals surface area contributed by atoms with Gasteiger partial charge in [0.25, 0.3) is 0 Å². The highest BCUT2D eigenvalue weighted by Gasteiger charge is 2.19. The molecule has 1 aliphatic rings. The summed E-state index contributed by atoms with van der Waals surface area (Å²) in [5, 5.41) is 6.91. The molecule has 0 bridgehead atoms. The first-order valence-corrected chi connectivity index (χ1v) is 5.78. The van der Waals surface area contributed by atoms with E-state index in [9.17, 15) is 0 Å². The third-order valence-electron chi connectivity index (χ3n) is 2.63. The third kappa shape index (κ3) is 4.40. The topological polar surface area (TPSA) is 37.0 Å². The van der Waals surface area contributed by atoms with Crippen molar-refractivity contribution in [3.05, 3.63) is 30.1 Å². The minimum atomic E-state index is 0.824. The van der Waals surface area contributed by atoms with Crippen molar-refractivity contribution < 1.29 is 0 Å². The van der Waals surface area contributed by atoms with Crippen molar-refractivity contribution >= 4 is 0 Å². The Kier molecular flexibility index (Phi) is 4.11. The molecule has 3 heteroatoms. The number of pyridine rings is 1. The molecule has 0 amide bonds. The van der Waals surface area contributed by atoms with E-state index in [1.54, 1.807) is 0 Å². The molecule has 0 aliphatic heterocycles. The van der Waals surface area contributed by atoms with Gasteiger partial charge in [-0.05, 0) is 37.4 Å². The summed E-state index contributed by atoms with van der Waals surface area (Å²) in [5.74, 6) is 0. The normalized spacial score (nSPS) is 15.5. The monoisotopic (exact) mass is 205 g/mol. The van der Waals surface area contributed by atoms with Crippen molar-refractivity contribution in [2.75, 3.05) is 19.6 Å². The van der Waals surface area contributed by atoms with Crippen LogP contribution in [0.15, 0.2) is 24.5 Å². The van der Waals surface area contributed by atoms with Crippen molar-refractivity contribution in [3.63, 3.8) is 0 Å². The van der Waals surface area contributed by atoms with Gasteiger partial charge in [-0.3, -0.25) is 4.98 Å². The minimum Gasteiger partial charge on any atom is -0.315 e. The summed E-state index contributed by atoms with van der Waals surface area (Å²) in [7, 11) is 0. The molecule has 0 saturated heterocycles. The molecule has 3 nitrogen and oxygen atoms in total. The number of nitrogens with zero attached hydrogens (tertiary/aromatic N) is 1. The third-order valence-corrected chi connectivity index (χ3v) is 2.63. The second-order valence-electron chi connectivity index (χ2n) is 4.09. The van der Waals surface area contributed by atoms with E-state index in [4.69, 9.17) is 0 Å². The Morgan fingerprint density at radius 3 is 2.93 bits per heavy atom. The molecule has 1 heterocycles. The molecular weight excluding hydrogens is 186 g/mol. The van der Waals surface area contributed by atoms with Gasteiger partial charge in [-0.15, -0.1) is 0 Å². The van der Waals surface area contributed by atoms with Crippen LogP contribution in [0, 0.1) is 0 Å². The minimum absolute atomic E-state index is 0.824. The fraction of sp³-hybridized carbons (Fsp3) is 0.583. The van der Waals surface area contributed by atoms with Crippen molar-refractivity contribution in [2.45, 2.75) is 25.3 Å². The van der Waals surface area contributed by atoms with Gasteiger partial charge >= 0.3 is 0 Å². The van der Waals surface area contributed by atoms with Crippen LogP contribution >= 0.6 is 0 Å². The first kappa shape index (κ1) is 10.6. The van der Waals surface area contributed by atoms with Gasteiger partial charge in [0, 0.05) is 31.5 Å². The largest absolute Gasteiger partial charge is 0.315 e. The SMILES string of the molecule is c1cncc(CCNCCNC2CC2)c1. The van der Waals surface area contributed by atoms with Gasteiger partial charge in [0.1, 0.15) is 0 Å². The van der Waals surface area contributed by atoms with Crippen molar-refractivity contribution in [3.8, 4) is 0 Å². The van der Waals surface area contributed by atoms with Crippen LogP contribution in [-0.4, -0.2) is 30.7 Å². The quantitative estimate of drug-likeness (QED) is 0.651.